The van der Waals surface area contributed by atoms with Crippen LogP contribution in [0, 0.1) is 0 Å². The van der Waals surface area contributed by atoms with Crippen LogP contribution in [0.15, 0.2) is 48.5 Å². The maximum Gasteiger partial charge on any atom is 0.254 e. The van der Waals surface area contributed by atoms with E-state index in [0.29, 0.717) is 43.2 Å². The molecule has 0 bridgehead atoms. The van der Waals surface area contributed by atoms with Crippen LogP contribution in [-0.4, -0.2) is 55.5 Å². The van der Waals surface area contributed by atoms with Gasteiger partial charge in [0, 0.05) is 42.6 Å². The van der Waals surface area contributed by atoms with E-state index in [1.165, 1.54) is 6.92 Å². The molecular formula is C21H24N4O4. The van der Waals surface area contributed by atoms with Crippen LogP contribution in [0.5, 0.6) is 0 Å². The fourth-order valence-corrected chi connectivity index (χ4v) is 2.94. The normalized spacial score (nSPS) is 13.5. The van der Waals surface area contributed by atoms with E-state index in [1.54, 1.807) is 47.4 Å². The molecule has 1 fully saturated rings. The standard InChI is InChI=1S/C21H24N4O4/c1-15(26)23-19-4-2-3-18(13-19)22-14-20(27)24-17-7-5-16(6-8-17)21(28)25-9-11-29-12-10-25/h2-8,13,22H,9-12,14H2,1H3,(H,23,26)(H,24,27). The number of nitrogens with zero attached hydrogens (tertiary/aromatic N) is 1. The first-order valence-corrected chi connectivity index (χ1v) is 9.40. The molecule has 0 radical (unpaired) electrons. The summed E-state index contributed by atoms with van der Waals surface area (Å²) in [4.78, 5) is 37.5. The Kier molecular flexibility index (Phi) is 6.80. The molecule has 0 unspecified atom stereocenters. The molecule has 2 aromatic rings. The number of anilines is 3. The third-order valence-electron chi connectivity index (χ3n) is 4.35. The monoisotopic (exact) mass is 396 g/mol. The SMILES string of the molecule is CC(=O)Nc1cccc(NCC(=O)Nc2ccc(C(=O)N3CCOCC3)cc2)c1. The van der Waals surface area contributed by atoms with E-state index in [2.05, 4.69) is 16.0 Å². The van der Waals surface area contributed by atoms with E-state index in [9.17, 15) is 14.4 Å². The number of ether oxygens (including phenoxy) is 1. The van der Waals surface area contributed by atoms with Crippen LogP contribution in [-0.2, 0) is 14.3 Å². The van der Waals surface area contributed by atoms with Crippen molar-refractivity contribution in [1.82, 2.24) is 4.90 Å². The van der Waals surface area contributed by atoms with Crippen molar-refractivity contribution in [3.05, 3.63) is 54.1 Å². The highest BCUT2D eigenvalue weighted by molar-refractivity contribution is 5.97. The van der Waals surface area contributed by atoms with Crippen LogP contribution in [0.3, 0.4) is 0 Å². The summed E-state index contributed by atoms with van der Waals surface area (Å²) in [7, 11) is 0. The predicted molar refractivity (Wildman–Crippen MR) is 111 cm³/mol. The summed E-state index contributed by atoms with van der Waals surface area (Å²) >= 11 is 0. The summed E-state index contributed by atoms with van der Waals surface area (Å²) in [6.45, 7) is 3.80. The lowest BCUT2D eigenvalue weighted by Crippen LogP contribution is -2.40. The van der Waals surface area contributed by atoms with Gasteiger partial charge in [0.2, 0.25) is 11.8 Å². The van der Waals surface area contributed by atoms with Crippen LogP contribution >= 0.6 is 0 Å². The first-order chi connectivity index (χ1) is 14.0. The van der Waals surface area contributed by atoms with Crippen LogP contribution < -0.4 is 16.0 Å². The van der Waals surface area contributed by atoms with Crippen molar-refractivity contribution >= 4 is 34.8 Å². The van der Waals surface area contributed by atoms with Gasteiger partial charge in [-0.15, -0.1) is 0 Å². The summed E-state index contributed by atoms with van der Waals surface area (Å²) in [5, 5.41) is 8.50. The van der Waals surface area contributed by atoms with Gasteiger partial charge in [0.25, 0.3) is 5.91 Å². The zero-order valence-corrected chi connectivity index (χ0v) is 16.2. The van der Waals surface area contributed by atoms with E-state index < -0.39 is 0 Å². The highest BCUT2D eigenvalue weighted by atomic mass is 16.5. The number of benzene rings is 2. The van der Waals surface area contributed by atoms with E-state index in [1.807, 2.05) is 6.07 Å². The first-order valence-electron chi connectivity index (χ1n) is 9.40. The van der Waals surface area contributed by atoms with Crippen LogP contribution in [0.4, 0.5) is 17.1 Å². The number of rotatable bonds is 6. The second kappa shape index (κ2) is 9.70. The predicted octanol–water partition coefficient (Wildman–Crippen LogP) is 2.17. The Morgan fingerprint density at radius 1 is 0.931 bits per heavy atom. The van der Waals surface area contributed by atoms with Gasteiger partial charge in [0.15, 0.2) is 0 Å². The Hall–Kier alpha value is -3.39. The molecule has 0 atom stereocenters. The average Bonchev–Trinajstić information content (AvgIpc) is 2.73. The lowest BCUT2D eigenvalue weighted by Gasteiger charge is -2.26. The summed E-state index contributed by atoms with van der Waals surface area (Å²) < 4.78 is 5.26. The van der Waals surface area contributed by atoms with Crippen LogP contribution in [0.2, 0.25) is 0 Å². The van der Waals surface area contributed by atoms with E-state index in [0.717, 1.165) is 5.69 Å². The number of morpholine rings is 1. The molecule has 8 heteroatoms. The zero-order chi connectivity index (χ0) is 20.6. The van der Waals surface area contributed by atoms with Gasteiger partial charge >= 0.3 is 0 Å². The Balaban J connectivity index is 1.50. The molecule has 1 saturated heterocycles. The number of hydrogen-bond acceptors (Lipinski definition) is 5. The zero-order valence-electron chi connectivity index (χ0n) is 16.2. The Bertz CT molecular complexity index is 877. The van der Waals surface area contributed by atoms with Gasteiger partial charge in [-0.05, 0) is 42.5 Å². The van der Waals surface area contributed by atoms with Crippen molar-refractivity contribution in [3.63, 3.8) is 0 Å². The van der Waals surface area contributed by atoms with Gasteiger partial charge in [-0.25, -0.2) is 0 Å². The molecule has 152 valence electrons. The molecule has 0 aromatic heterocycles. The van der Waals surface area contributed by atoms with Crippen molar-refractivity contribution < 1.29 is 19.1 Å². The highest BCUT2D eigenvalue weighted by Gasteiger charge is 2.18. The van der Waals surface area contributed by atoms with Gasteiger partial charge in [0.1, 0.15) is 0 Å². The highest BCUT2D eigenvalue weighted by Crippen LogP contribution is 2.15. The molecule has 0 aliphatic carbocycles. The van der Waals surface area contributed by atoms with Crippen LogP contribution in [0.25, 0.3) is 0 Å². The number of nitrogens with one attached hydrogen (secondary N) is 3. The topological polar surface area (TPSA) is 99.8 Å². The van der Waals surface area contributed by atoms with Gasteiger partial charge < -0.3 is 25.6 Å². The van der Waals surface area contributed by atoms with Gasteiger partial charge in [0.05, 0.1) is 19.8 Å². The smallest absolute Gasteiger partial charge is 0.254 e. The van der Waals surface area contributed by atoms with Gasteiger partial charge in [-0.2, -0.15) is 0 Å². The molecule has 3 N–H and O–H groups in total. The Morgan fingerprint density at radius 3 is 2.31 bits per heavy atom. The molecule has 2 aromatic carbocycles. The van der Waals surface area contributed by atoms with Crippen molar-refractivity contribution in [3.8, 4) is 0 Å². The summed E-state index contributed by atoms with van der Waals surface area (Å²) in [5.74, 6) is -0.412. The first kappa shape index (κ1) is 20.3. The molecule has 8 nitrogen and oxygen atoms in total. The van der Waals surface area contributed by atoms with Crippen molar-refractivity contribution in [2.24, 2.45) is 0 Å². The Labute approximate surface area is 169 Å². The second-order valence-electron chi connectivity index (χ2n) is 6.65. The molecule has 1 heterocycles. The van der Waals surface area contributed by atoms with Crippen molar-refractivity contribution in [1.29, 1.82) is 0 Å². The van der Waals surface area contributed by atoms with Crippen molar-refractivity contribution in [2.75, 3.05) is 48.8 Å². The molecule has 1 aliphatic heterocycles. The number of amides is 3. The number of carbonyl (C=O) groups is 3. The number of hydrogen-bond donors (Lipinski definition) is 3. The van der Waals surface area contributed by atoms with Gasteiger partial charge in [-0.1, -0.05) is 6.07 Å². The van der Waals surface area contributed by atoms with E-state index in [-0.39, 0.29) is 24.3 Å². The third kappa shape index (κ3) is 6.05. The minimum atomic E-state index is -0.220. The largest absolute Gasteiger partial charge is 0.378 e. The third-order valence-corrected chi connectivity index (χ3v) is 4.35. The molecule has 0 spiro atoms. The lowest BCUT2D eigenvalue weighted by molar-refractivity contribution is -0.115. The number of carbonyl (C=O) groups excluding carboxylic acids is 3. The molecule has 0 saturated carbocycles. The quantitative estimate of drug-likeness (QED) is 0.695. The second-order valence-corrected chi connectivity index (χ2v) is 6.65. The molecule has 3 amide bonds. The van der Waals surface area contributed by atoms with E-state index >= 15 is 0 Å². The minimum Gasteiger partial charge on any atom is -0.378 e. The minimum absolute atomic E-state index is 0.0353. The maximum atomic E-state index is 12.4. The fourth-order valence-electron chi connectivity index (χ4n) is 2.94. The van der Waals surface area contributed by atoms with Gasteiger partial charge in [-0.3, -0.25) is 14.4 Å². The van der Waals surface area contributed by atoms with E-state index in [4.69, 9.17) is 4.74 Å². The summed E-state index contributed by atoms with van der Waals surface area (Å²) in [6.07, 6.45) is 0. The molecule has 1 aliphatic rings. The maximum absolute atomic E-state index is 12.4. The average molecular weight is 396 g/mol. The molecule has 29 heavy (non-hydrogen) atoms. The fraction of sp³-hybridized carbons (Fsp3) is 0.286. The van der Waals surface area contributed by atoms with Crippen molar-refractivity contribution in [2.45, 2.75) is 6.92 Å². The summed E-state index contributed by atoms with van der Waals surface area (Å²) in [5.41, 5.74) is 2.57. The lowest BCUT2D eigenvalue weighted by atomic mass is 10.1. The molecular weight excluding hydrogens is 372 g/mol. The molecule has 3 rings (SSSR count). The van der Waals surface area contributed by atoms with Crippen LogP contribution in [0.1, 0.15) is 17.3 Å². The Morgan fingerprint density at radius 2 is 1.62 bits per heavy atom. The summed E-state index contributed by atoms with van der Waals surface area (Å²) in [6, 6.07) is 14.0.